The first-order chi connectivity index (χ1) is 12.8. The van der Waals surface area contributed by atoms with E-state index in [0.717, 1.165) is 22.2 Å². The average molecular weight is 435 g/mol. The predicted octanol–water partition coefficient (Wildman–Crippen LogP) is 4.38. The molecule has 0 aliphatic rings. The first-order valence-corrected chi connectivity index (χ1v) is 10.2. The van der Waals surface area contributed by atoms with E-state index in [-0.39, 0.29) is 5.69 Å². The highest BCUT2D eigenvalue weighted by atomic mass is 35.5. The fraction of sp³-hybridized carbons (Fsp3) is 0.278. The van der Waals surface area contributed by atoms with Crippen LogP contribution in [-0.4, -0.2) is 27.1 Å². The zero-order valence-electron chi connectivity index (χ0n) is 15.3. The molecule has 0 spiro atoms. The minimum atomic E-state index is -4.69. The molecule has 2 aromatic rings. The summed E-state index contributed by atoms with van der Waals surface area (Å²) in [5.41, 5.74) is 0.513. The van der Waals surface area contributed by atoms with E-state index in [9.17, 15) is 26.4 Å². The van der Waals surface area contributed by atoms with E-state index in [1.165, 1.54) is 6.07 Å². The first kappa shape index (κ1) is 22.0. The lowest BCUT2D eigenvalue weighted by Gasteiger charge is -2.24. The number of aryl methyl sites for hydroxylation is 2. The Morgan fingerprint density at radius 1 is 1.14 bits per heavy atom. The number of anilines is 2. The highest BCUT2D eigenvalue weighted by molar-refractivity contribution is 7.92. The fourth-order valence-electron chi connectivity index (χ4n) is 2.52. The number of sulfonamides is 1. The topological polar surface area (TPSA) is 66.5 Å². The Balaban J connectivity index is 2.30. The van der Waals surface area contributed by atoms with Crippen LogP contribution in [0.3, 0.4) is 0 Å². The minimum Gasteiger partial charge on any atom is -0.324 e. The van der Waals surface area contributed by atoms with Gasteiger partial charge in [0, 0.05) is 5.69 Å². The number of carbonyl (C=O) groups excluding carboxylic acids is 1. The van der Waals surface area contributed by atoms with Gasteiger partial charge in [0.2, 0.25) is 15.9 Å². The van der Waals surface area contributed by atoms with Gasteiger partial charge >= 0.3 is 6.18 Å². The highest BCUT2D eigenvalue weighted by Crippen LogP contribution is 2.36. The van der Waals surface area contributed by atoms with E-state index in [1.54, 1.807) is 32.0 Å². The van der Waals surface area contributed by atoms with Crippen LogP contribution < -0.4 is 9.62 Å². The molecule has 1 amide bonds. The predicted molar refractivity (Wildman–Crippen MR) is 103 cm³/mol. The molecule has 0 atom stereocenters. The molecule has 0 aliphatic carbocycles. The Labute approximate surface area is 166 Å². The number of carbonyl (C=O) groups is 1. The molecule has 0 radical (unpaired) electrons. The molecule has 1 N–H and O–H groups in total. The normalized spacial score (nSPS) is 12.0. The Hall–Kier alpha value is -2.26. The molecule has 2 rings (SSSR count). The number of benzene rings is 2. The van der Waals surface area contributed by atoms with Crippen LogP contribution in [0.4, 0.5) is 24.5 Å². The number of nitrogens with zero attached hydrogens (tertiary/aromatic N) is 1. The van der Waals surface area contributed by atoms with E-state index in [4.69, 9.17) is 11.6 Å². The number of nitrogens with one attached hydrogen (secondary N) is 1. The molecular formula is C18H18ClF3N2O3S. The Kier molecular flexibility index (Phi) is 6.30. The molecule has 0 fully saturated rings. The maximum absolute atomic E-state index is 13.0. The van der Waals surface area contributed by atoms with Crippen molar-refractivity contribution in [2.24, 2.45) is 0 Å². The minimum absolute atomic E-state index is 0.142. The van der Waals surface area contributed by atoms with Gasteiger partial charge in [0.15, 0.2) is 0 Å². The number of amides is 1. The van der Waals surface area contributed by atoms with Crippen molar-refractivity contribution in [3.05, 3.63) is 58.1 Å². The van der Waals surface area contributed by atoms with Crippen molar-refractivity contribution < 1.29 is 26.4 Å². The third-order valence-electron chi connectivity index (χ3n) is 3.88. The Bertz CT molecular complexity index is 1010. The smallest absolute Gasteiger partial charge is 0.324 e. The zero-order valence-corrected chi connectivity index (χ0v) is 16.8. The average Bonchev–Trinajstić information content (AvgIpc) is 2.55. The number of hydrogen-bond donors (Lipinski definition) is 1. The summed E-state index contributed by atoms with van der Waals surface area (Å²) in [6.45, 7) is 2.88. The standard InChI is InChI=1S/C18H18ClF3N2O3S/c1-11-4-5-12(2)16(8-11)24(28(3,26)27)10-17(25)23-13-6-7-15(19)14(9-13)18(20,21)22/h4-9H,10H2,1-3H3,(H,23,25). The van der Waals surface area contributed by atoms with Crippen molar-refractivity contribution in [3.63, 3.8) is 0 Å². The third kappa shape index (κ3) is 5.39. The maximum atomic E-state index is 13.0. The van der Waals surface area contributed by atoms with E-state index < -0.39 is 39.2 Å². The van der Waals surface area contributed by atoms with E-state index in [0.29, 0.717) is 17.3 Å². The second-order valence-electron chi connectivity index (χ2n) is 6.30. The van der Waals surface area contributed by atoms with Crippen molar-refractivity contribution in [2.45, 2.75) is 20.0 Å². The molecule has 152 valence electrons. The van der Waals surface area contributed by atoms with E-state index in [1.807, 2.05) is 0 Å². The SMILES string of the molecule is Cc1ccc(C)c(N(CC(=O)Nc2ccc(Cl)c(C(F)(F)F)c2)S(C)(=O)=O)c1. The zero-order chi connectivity index (χ0) is 21.3. The summed E-state index contributed by atoms with van der Waals surface area (Å²) in [6, 6.07) is 8.05. The van der Waals surface area contributed by atoms with Crippen LogP contribution in [0.25, 0.3) is 0 Å². The van der Waals surface area contributed by atoms with Gasteiger partial charge in [-0.2, -0.15) is 13.2 Å². The molecule has 10 heteroatoms. The van der Waals surface area contributed by atoms with E-state index in [2.05, 4.69) is 5.32 Å². The van der Waals surface area contributed by atoms with Gasteiger partial charge in [-0.1, -0.05) is 23.7 Å². The highest BCUT2D eigenvalue weighted by Gasteiger charge is 2.33. The second kappa shape index (κ2) is 8.00. The van der Waals surface area contributed by atoms with Crippen LogP contribution in [0, 0.1) is 13.8 Å². The number of hydrogen-bond acceptors (Lipinski definition) is 3. The van der Waals surface area contributed by atoms with Crippen LogP contribution in [0.15, 0.2) is 36.4 Å². The number of alkyl halides is 3. The molecule has 0 saturated carbocycles. The van der Waals surface area contributed by atoms with Gasteiger partial charge in [-0.15, -0.1) is 0 Å². The largest absolute Gasteiger partial charge is 0.417 e. The van der Waals surface area contributed by atoms with Crippen LogP contribution in [0.1, 0.15) is 16.7 Å². The van der Waals surface area contributed by atoms with Crippen molar-refractivity contribution in [1.82, 2.24) is 0 Å². The van der Waals surface area contributed by atoms with Gasteiger partial charge in [0.05, 0.1) is 22.5 Å². The molecular weight excluding hydrogens is 417 g/mol. The molecule has 0 aromatic heterocycles. The van der Waals surface area contributed by atoms with E-state index >= 15 is 0 Å². The van der Waals surface area contributed by atoms with Crippen molar-refractivity contribution in [2.75, 3.05) is 22.4 Å². The van der Waals surface area contributed by atoms with Crippen LogP contribution >= 0.6 is 11.6 Å². The van der Waals surface area contributed by atoms with Gasteiger partial charge in [-0.25, -0.2) is 8.42 Å². The van der Waals surface area contributed by atoms with Gasteiger partial charge in [0.1, 0.15) is 6.54 Å². The summed E-state index contributed by atoms with van der Waals surface area (Å²) >= 11 is 5.55. The summed E-state index contributed by atoms with van der Waals surface area (Å²) < 4.78 is 64.1. The van der Waals surface area contributed by atoms with Gasteiger partial charge in [0.25, 0.3) is 0 Å². The monoisotopic (exact) mass is 434 g/mol. The third-order valence-corrected chi connectivity index (χ3v) is 5.33. The number of rotatable bonds is 5. The number of halogens is 4. The molecule has 0 unspecified atom stereocenters. The molecule has 5 nitrogen and oxygen atoms in total. The van der Waals surface area contributed by atoms with Gasteiger partial charge in [-0.3, -0.25) is 9.10 Å². The summed E-state index contributed by atoms with van der Waals surface area (Å²) in [4.78, 5) is 12.4. The molecule has 0 aliphatic heterocycles. The Morgan fingerprint density at radius 2 is 1.79 bits per heavy atom. The first-order valence-electron chi connectivity index (χ1n) is 8.00. The molecule has 28 heavy (non-hydrogen) atoms. The van der Waals surface area contributed by atoms with Gasteiger partial charge in [-0.05, 0) is 49.2 Å². The lowest BCUT2D eigenvalue weighted by atomic mass is 10.1. The van der Waals surface area contributed by atoms with Crippen LogP contribution in [-0.2, 0) is 21.0 Å². The summed E-state index contributed by atoms with van der Waals surface area (Å²) in [5, 5.41) is 1.78. The van der Waals surface area contributed by atoms with Crippen molar-refractivity contribution in [3.8, 4) is 0 Å². The quantitative estimate of drug-likeness (QED) is 0.759. The van der Waals surface area contributed by atoms with Crippen LogP contribution in [0.5, 0.6) is 0 Å². The molecule has 0 heterocycles. The summed E-state index contributed by atoms with van der Waals surface area (Å²) in [6.07, 6.45) is -3.73. The second-order valence-corrected chi connectivity index (χ2v) is 8.61. The molecule has 0 saturated heterocycles. The summed E-state index contributed by atoms with van der Waals surface area (Å²) in [5.74, 6) is -0.790. The molecule has 0 bridgehead atoms. The fourth-order valence-corrected chi connectivity index (χ4v) is 3.65. The molecule has 2 aromatic carbocycles. The summed E-state index contributed by atoms with van der Waals surface area (Å²) in [7, 11) is -3.81. The van der Waals surface area contributed by atoms with Crippen molar-refractivity contribution >= 4 is 38.9 Å². The lowest BCUT2D eigenvalue weighted by molar-refractivity contribution is -0.137. The Morgan fingerprint density at radius 3 is 2.36 bits per heavy atom. The van der Waals surface area contributed by atoms with Crippen molar-refractivity contribution in [1.29, 1.82) is 0 Å². The maximum Gasteiger partial charge on any atom is 0.417 e. The van der Waals surface area contributed by atoms with Crippen LogP contribution in [0.2, 0.25) is 5.02 Å². The van der Waals surface area contributed by atoms with Gasteiger partial charge < -0.3 is 5.32 Å². The lowest BCUT2D eigenvalue weighted by Crippen LogP contribution is -2.38.